The van der Waals surface area contributed by atoms with Crippen molar-refractivity contribution < 1.29 is 4.74 Å². The molecule has 3 aromatic rings. The fourth-order valence-electron chi connectivity index (χ4n) is 2.76. The molecule has 4 nitrogen and oxygen atoms in total. The maximum absolute atomic E-state index is 9.45. The van der Waals surface area contributed by atoms with Gasteiger partial charge in [-0.05, 0) is 10.8 Å². The van der Waals surface area contributed by atoms with Gasteiger partial charge in [-0.1, -0.05) is 36.4 Å². The van der Waals surface area contributed by atoms with Crippen LogP contribution < -0.4 is 4.74 Å². The van der Waals surface area contributed by atoms with Crippen molar-refractivity contribution in [2.75, 3.05) is 7.11 Å². The average molecular weight is 283 g/mol. The Morgan fingerprint density at radius 1 is 0.773 bits per heavy atom. The predicted octanol–water partition coefficient (Wildman–Crippen LogP) is 3.62. The van der Waals surface area contributed by atoms with Crippen LogP contribution in [0, 0.1) is 34.0 Å². The highest BCUT2D eigenvalue weighted by molar-refractivity contribution is 6.13. The molecule has 0 amide bonds. The molecule has 4 heteroatoms. The van der Waals surface area contributed by atoms with Gasteiger partial charge < -0.3 is 4.74 Å². The number of rotatable bonds is 1. The largest absolute Gasteiger partial charge is 0.495 e. The van der Waals surface area contributed by atoms with Gasteiger partial charge >= 0.3 is 0 Å². The Hall–Kier alpha value is -3.55. The molecule has 0 aliphatic carbocycles. The molecule has 0 N–H and O–H groups in total. The van der Waals surface area contributed by atoms with E-state index in [2.05, 4.69) is 6.07 Å². The molecule has 0 fully saturated rings. The zero-order chi connectivity index (χ0) is 15.7. The minimum absolute atomic E-state index is 0.0598. The molecule has 0 bridgehead atoms. The molecule has 0 radical (unpaired) electrons. The Balaban J connectivity index is 2.73. The molecule has 3 aromatic carbocycles. The maximum Gasteiger partial charge on any atom is 0.146 e. The molecular weight excluding hydrogens is 274 g/mol. The molecule has 0 saturated carbocycles. The van der Waals surface area contributed by atoms with Crippen molar-refractivity contribution in [2.24, 2.45) is 0 Å². The monoisotopic (exact) mass is 283 g/mol. The summed E-state index contributed by atoms with van der Waals surface area (Å²) in [5.41, 5.74) is 0.371. The van der Waals surface area contributed by atoms with E-state index in [1.54, 1.807) is 6.07 Å². The zero-order valence-corrected chi connectivity index (χ0v) is 11.7. The zero-order valence-electron chi connectivity index (χ0n) is 11.7. The molecule has 0 aromatic heterocycles. The Kier molecular flexibility index (Phi) is 3.11. The average Bonchev–Trinajstić information content (AvgIpc) is 2.58. The van der Waals surface area contributed by atoms with Crippen LogP contribution in [0.15, 0.2) is 36.4 Å². The normalized spacial score (nSPS) is 9.91. The van der Waals surface area contributed by atoms with Crippen molar-refractivity contribution in [2.45, 2.75) is 0 Å². The molecular formula is C18H9N3O. The van der Waals surface area contributed by atoms with Crippen molar-refractivity contribution in [1.29, 1.82) is 15.8 Å². The highest BCUT2D eigenvalue weighted by Crippen LogP contribution is 2.39. The van der Waals surface area contributed by atoms with Gasteiger partial charge in [0, 0.05) is 10.8 Å². The van der Waals surface area contributed by atoms with Crippen molar-refractivity contribution in [3.63, 3.8) is 0 Å². The lowest BCUT2D eigenvalue weighted by molar-refractivity contribution is 0.418. The molecule has 0 spiro atoms. The second kappa shape index (κ2) is 5.09. The van der Waals surface area contributed by atoms with Crippen molar-refractivity contribution in [3.05, 3.63) is 53.1 Å². The van der Waals surface area contributed by atoms with E-state index in [-0.39, 0.29) is 16.7 Å². The molecule has 3 rings (SSSR count). The summed E-state index contributed by atoms with van der Waals surface area (Å²) >= 11 is 0. The minimum Gasteiger partial charge on any atom is -0.495 e. The summed E-state index contributed by atoms with van der Waals surface area (Å²) in [7, 11) is 1.46. The first-order valence-electron chi connectivity index (χ1n) is 6.52. The van der Waals surface area contributed by atoms with Crippen molar-refractivity contribution in [3.8, 4) is 24.0 Å². The Morgan fingerprint density at radius 2 is 1.45 bits per heavy atom. The van der Waals surface area contributed by atoms with Gasteiger partial charge in [0.2, 0.25) is 0 Å². The van der Waals surface area contributed by atoms with E-state index < -0.39 is 0 Å². The van der Waals surface area contributed by atoms with E-state index in [0.29, 0.717) is 16.5 Å². The lowest BCUT2D eigenvalue weighted by Crippen LogP contribution is -1.98. The summed E-state index contributed by atoms with van der Waals surface area (Å²) in [5.74, 6) is 0.338. The first-order chi connectivity index (χ1) is 10.8. The van der Waals surface area contributed by atoms with Crippen molar-refractivity contribution in [1.82, 2.24) is 0 Å². The Labute approximate surface area is 127 Å². The number of hydrogen-bond donors (Lipinski definition) is 0. The molecule has 0 aliphatic heterocycles. The van der Waals surface area contributed by atoms with Crippen LogP contribution in [0.25, 0.3) is 21.5 Å². The van der Waals surface area contributed by atoms with E-state index in [4.69, 9.17) is 4.74 Å². The number of fused-ring (bicyclic) bond motifs is 3. The molecule has 0 saturated heterocycles. The molecule has 0 unspecified atom stereocenters. The quantitative estimate of drug-likeness (QED) is 0.639. The number of benzene rings is 3. The van der Waals surface area contributed by atoms with Gasteiger partial charge in [0.1, 0.15) is 29.5 Å². The summed E-state index contributed by atoms with van der Waals surface area (Å²) < 4.78 is 5.42. The topological polar surface area (TPSA) is 80.6 Å². The summed E-state index contributed by atoms with van der Waals surface area (Å²) in [6.45, 7) is 0. The van der Waals surface area contributed by atoms with Crippen molar-refractivity contribution >= 4 is 21.5 Å². The number of methoxy groups -OCH3 is 1. The molecule has 0 aliphatic rings. The summed E-state index contributed by atoms with van der Waals surface area (Å²) in [6, 6.07) is 17.4. The van der Waals surface area contributed by atoms with Crippen LogP contribution in [0.1, 0.15) is 16.7 Å². The lowest BCUT2D eigenvalue weighted by atomic mass is 9.91. The lowest BCUT2D eigenvalue weighted by Gasteiger charge is -2.13. The predicted molar refractivity (Wildman–Crippen MR) is 82.2 cm³/mol. The van der Waals surface area contributed by atoms with Gasteiger partial charge in [0.25, 0.3) is 0 Å². The van der Waals surface area contributed by atoms with E-state index in [0.717, 1.165) is 10.8 Å². The molecule has 0 atom stereocenters. The highest BCUT2D eigenvalue weighted by Gasteiger charge is 2.21. The van der Waals surface area contributed by atoms with E-state index in [1.807, 2.05) is 42.5 Å². The van der Waals surface area contributed by atoms with Gasteiger partial charge in [-0.25, -0.2) is 0 Å². The number of nitrogens with zero attached hydrogens (tertiary/aromatic N) is 3. The number of hydrogen-bond acceptors (Lipinski definition) is 4. The van der Waals surface area contributed by atoms with Gasteiger partial charge in [-0.3, -0.25) is 0 Å². The van der Waals surface area contributed by atoms with E-state index >= 15 is 0 Å². The van der Waals surface area contributed by atoms with Crippen LogP contribution in [-0.2, 0) is 0 Å². The second-order valence-corrected chi connectivity index (χ2v) is 4.70. The number of ether oxygens (including phenoxy) is 1. The summed E-state index contributed by atoms with van der Waals surface area (Å²) in [6.07, 6.45) is 0. The van der Waals surface area contributed by atoms with Gasteiger partial charge in [0.05, 0.1) is 18.2 Å². The van der Waals surface area contributed by atoms with Crippen LogP contribution in [-0.4, -0.2) is 7.11 Å². The van der Waals surface area contributed by atoms with Crippen LogP contribution in [0.2, 0.25) is 0 Å². The number of nitriles is 3. The summed E-state index contributed by atoms with van der Waals surface area (Å²) in [5, 5.41) is 31.4. The molecule has 22 heavy (non-hydrogen) atoms. The second-order valence-electron chi connectivity index (χ2n) is 4.70. The fourth-order valence-corrected chi connectivity index (χ4v) is 2.76. The highest BCUT2D eigenvalue weighted by atomic mass is 16.5. The minimum atomic E-state index is 0.0598. The fraction of sp³-hybridized carbons (Fsp3) is 0.0556. The maximum atomic E-state index is 9.45. The van der Waals surface area contributed by atoms with E-state index in [1.165, 1.54) is 7.11 Å². The third-order valence-corrected chi connectivity index (χ3v) is 3.69. The van der Waals surface area contributed by atoms with Gasteiger partial charge in [-0.15, -0.1) is 0 Å². The van der Waals surface area contributed by atoms with Crippen LogP contribution in [0.4, 0.5) is 0 Å². The molecule has 0 heterocycles. The van der Waals surface area contributed by atoms with E-state index in [9.17, 15) is 15.8 Å². The van der Waals surface area contributed by atoms with Crippen LogP contribution in [0.3, 0.4) is 0 Å². The smallest absolute Gasteiger partial charge is 0.146 e. The summed E-state index contributed by atoms with van der Waals surface area (Å²) in [4.78, 5) is 0. The third kappa shape index (κ3) is 1.67. The van der Waals surface area contributed by atoms with Gasteiger partial charge in [-0.2, -0.15) is 15.8 Å². The standard InChI is InChI=1S/C18H9N3O/c1-22-18-16(10-21)15(9-20)14(8-19)13-7-6-11-4-2-3-5-12(11)17(13)18/h2-7H,1H3. The Bertz CT molecular complexity index is 1050. The SMILES string of the molecule is COc1c(C#N)c(C#N)c(C#N)c2ccc3ccccc3c12. The third-order valence-electron chi connectivity index (χ3n) is 3.69. The molecule has 102 valence electrons. The first-order valence-corrected chi connectivity index (χ1v) is 6.52. The Morgan fingerprint density at radius 3 is 2.09 bits per heavy atom. The first kappa shape index (κ1) is 13.4. The van der Waals surface area contributed by atoms with Crippen LogP contribution >= 0.6 is 0 Å². The van der Waals surface area contributed by atoms with Crippen LogP contribution in [0.5, 0.6) is 5.75 Å². The van der Waals surface area contributed by atoms with Gasteiger partial charge in [0.15, 0.2) is 0 Å².